The first-order valence-corrected chi connectivity index (χ1v) is 2.57. The fourth-order valence-corrected chi connectivity index (χ4v) is 0.361. The molecule has 0 saturated carbocycles. The van der Waals surface area contributed by atoms with Gasteiger partial charge in [-0.1, -0.05) is 12.2 Å². The minimum Gasteiger partial charge on any atom is -0.287 e. The summed E-state index contributed by atoms with van der Waals surface area (Å²) in [5.41, 5.74) is 0. The molecule has 0 fully saturated rings. The van der Waals surface area contributed by atoms with E-state index in [1.54, 1.807) is 13.1 Å². The number of allylic oxidation sites excluding steroid dienone is 2. The number of amidine groups is 1. The highest BCUT2D eigenvalue weighted by atomic mass is 14.8. The van der Waals surface area contributed by atoms with Crippen LogP contribution in [-0.4, -0.2) is 12.1 Å². The Labute approximate surface area is 48.4 Å². The van der Waals surface area contributed by atoms with Crippen molar-refractivity contribution >= 4 is 12.1 Å². The summed E-state index contributed by atoms with van der Waals surface area (Å²) in [5.74, 6) is 0.828. The van der Waals surface area contributed by atoms with E-state index in [1.165, 1.54) is 0 Å². The van der Waals surface area contributed by atoms with Crippen LogP contribution in [0.5, 0.6) is 0 Å². The molecule has 0 bridgehead atoms. The van der Waals surface area contributed by atoms with Crippen LogP contribution in [0.15, 0.2) is 17.1 Å². The predicted molar refractivity (Wildman–Crippen MR) is 34.5 cm³/mol. The number of rotatable bonds is 1. The van der Waals surface area contributed by atoms with E-state index in [-0.39, 0.29) is 0 Å². The summed E-state index contributed by atoms with van der Waals surface area (Å²) in [4.78, 5) is 3.78. The average Bonchev–Trinajstić information content (AvgIpc) is 2.41. The minimum atomic E-state index is 0.374. The summed E-state index contributed by atoms with van der Waals surface area (Å²) in [7, 11) is 0. The molecule has 0 saturated heterocycles. The lowest BCUT2D eigenvalue weighted by Crippen LogP contribution is -1.84. The van der Waals surface area contributed by atoms with Crippen LogP contribution in [0.2, 0.25) is 0 Å². The third-order valence-electron chi connectivity index (χ3n) is 0.855. The van der Waals surface area contributed by atoms with Crippen molar-refractivity contribution in [3.63, 3.8) is 0 Å². The number of nitrogens with one attached hydrogen (secondary N) is 1. The smallest absolute Gasteiger partial charge is 0.116 e. The Morgan fingerprint density at radius 2 is 2.38 bits per heavy atom. The highest BCUT2D eigenvalue weighted by molar-refractivity contribution is 5.87. The maximum atomic E-state index is 6.89. The fraction of sp³-hybridized carbons (Fsp3) is 0.333. The predicted octanol–water partition coefficient (Wildman–Crippen LogP) is 1.24. The summed E-state index contributed by atoms with van der Waals surface area (Å²) in [6.07, 6.45) is 5.83. The summed E-state index contributed by atoms with van der Waals surface area (Å²) in [6.45, 7) is 1.67. The van der Waals surface area contributed by atoms with Gasteiger partial charge in [-0.05, 0) is 6.92 Å². The second kappa shape index (κ2) is 1.90. The highest BCUT2D eigenvalue weighted by Crippen LogP contribution is 2.11. The molecule has 2 heteroatoms. The van der Waals surface area contributed by atoms with Gasteiger partial charge >= 0.3 is 0 Å². The van der Waals surface area contributed by atoms with E-state index in [2.05, 4.69) is 4.99 Å². The van der Waals surface area contributed by atoms with Crippen molar-refractivity contribution in [2.75, 3.05) is 0 Å². The molecule has 0 heterocycles. The molecule has 0 aromatic carbocycles. The molecule has 42 valence electrons. The molecule has 1 aliphatic carbocycles. The lowest BCUT2D eigenvalue weighted by molar-refractivity contribution is 1.35. The van der Waals surface area contributed by atoms with Gasteiger partial charge in [-0.15, -0.1) is 0 Å². The Morgan fingerprint density at radius 3 is 2.75 bits per heavy atom. The summed E-state index contributed by atoms with van der Waals surface area (Å²) < 4.78 is 0. The van der Waals surface area contributed by atoms with Crippen molar-refractivity contribution in [1.82, 2.24) is 0 Å². The Balaban J connectivity index is 2.24. The monoisotopic (exact) mass is 108 g/mol. The first-order valence-electron chi connectivity index (χ1n) is 2.57. The van der Waals surface area contributed by atoms with E-state index in [0.29, 0.717) is 11.8 Å². The zero-order valence-corrected chi connectivity index (χ0v) is 4.76. The average molecular weight is 108 g/mol. The van der Waals surface area contributed by atoms with Gasteiger partial charge in [0, 0.05) is 12.1 Å². The lowest BCUT2D eigenvalue weighted by atomic mass is 10.4. The molecule has 2 nitrogen and oxygen atoms in total. The van der Waals surface area contributed by atoms with Gasteiger partial charge in [0.25, 0.3) is 0 Å². The Hall–Kier alpha value is -0.920. The van der Waals surface area contributed by atoms with E-state index in [1.807, 2.05) is 12.2 Å². The molecule has 1 aliphatic rings. The molecule has 0 aromatic heterocycles. The van der Waals surface area contributed by atoms with Gasteiger partial charge in [-0.25, -0.2) is 4.99 Å². The maximum absolute atomic E-state index is 6.89. The topological polar surface area (TPSA) is 36.2 Å². The van der Waals surface area contributed by atoms with Gasteiger partial charge in [0.2, 0.25) is 0 Å². The molecule has 1 N–H and O–H groups in total. The van der Waals surface area contributed by atoms with Crippen LogP contribution in [-0.2, 0) is 0 Å². The molecule has 8 heavy (non-hydrogen) atoms. The highest BCUT2D eigenvalue weighted by Gasteiger charge is 2.04. The van der Waals surface area contributed by atoms with E-state index in [0.717, 1.165) is 0 Å². The van der Waals surface area contributed by atoms with E-state index < -0.39 is 0 Å². The first kappa shape index (κ1) is 5.22. The van der Waals surface area contributed by atoms with Crippen LogP contribution in [0.4, 0.5) is 0 Å². The first-order chi connectivity index (χ1) is 3.79. The van der Waals surface area contributed by atoms with Crippen LogP contribution in [0.25, 0.3) is 0 Å². The maximum Gasteiger partial charge on any atom is 0.116 e. The van der Waals surface area contributed by atoms with Crippen LogP contribution in [0.1, 0.15) is 6.92 Å². The Bertz CT molecular complexity index is 150. The van der Waals surface area contributed by atoms with E-state index >= 15 is 0 Å². The molecule has 0 aliphatic heterocycles. The molecule has 0 aromatic rings. The second-order valence-electron chi connectivity index (χ2n) is 1.83. The summed E-state index contributed by atoms with van der Waals surface area (Å²) in [6, 6.07) is 0. The van der Waals surface area contributed by atoms with Gasteiger partial charge in [-0.2, -0.15) is 0 Å². The number of nitrogens with zero attached hydrogens (tertiary/aromatic N) is 1. The Kier molecular flexibility index (Phi) is 1.24. The molecule has 1 rings (SSSR count). The van der Waals surface area contributed by atoms with Crippen LogP contribution in [0, 0.1) is 11.3 Å². The summed E-state index contributed by atoms with van der Waals surface area (Å²) in [5, 5.41) is 6.89. The Morgan fingerprint density at radius 1 is 1.75 bits per heavy atom. The number of aliphatic imine (C=N–C) groups is 1. The van der Waals surface area contributed by atoms with E-state index in [9.17, 15) is 0 Å². The van der Waals surface area contributed by atoms with Crippen molar-refractivity contribution in [2.24, 2.45) is 10.9 Å². The molecular weight excluding hydrogens is 100 g/mol. The fourth-order valence-electron chi connectivity index (χ4n) is 0.361. The van der Waals surface area contributed by atoms with Crippen molar-refractivity contribution in [3.05, 3.63) is 12.2 Å². The van der Waals surface area contributed by atoms with Gasteiger partial charge in [0.15, 0.2) is 0 Å². The zero-order valence-electron chi connectivity index (χ0n) is 4.76. The van der Waals surface area contributed by atoms with Gasteiger partial charge < -0.3 is 0 Å². The van der Waals surface area contributed by atoms with Gasteiger partial charge in [-0.3, -0.25) is 5.41 Å². The SMILES string of the molecule is CC(=N)N=CC1C=C1. The molecule has 0 spiro atoms. The quantitative estimate of drug-likeness (QED) is 0.298. The zero-order chi connectivity index (χ0) is 5.98. The number of hydrogen-bond acceptors (Lipinski definition) is 1. The minimum absolute atomic E-state index is 0.374. The van der Waals surface area contributed by atoms with E-state index in [4.69, 9.17) is 5.41 Å². The third kappa shape index (κ3) is 1.69. The summed E-state index contributed by atoms with van der Waals surface area (Å²) >= 11 is 0. The van der Waals surface area contributed by atoms with Crippen LogP contribution in [0.3, 0.4) is 0 Å². The standard InChI is InChI=1S/C6H8N2/c1-5(7)8-4-6-2-3-6/h2-4,6-7H,1H3. The molecule has 0 amide bonds. The molecule has 0 unspecified atom stereocenters. The molecule has 0 radical (unpaired) electrons. The van der Waals surface area contributed by atoms with Crippen molar-refractivity contribution in [1.29, 1.82) is 5.41 Å². The van der Waals surface area contributed by atoms with Gasteiger partial charge in [0.1, 0.15) is 5.84 Å². The van der Waals surface area contributed by atoms with Crippen LogP contribution < -0.4 is 0 Å². The number of hydrogen-bond donors (Lipinski definition) is 1. The normalized spacial score (nSPS) is 17.6. The third-order valence-corrected chi connectivity index (χ3v) is 0.855. The van der Waals surface area contributed by atoms with Crippen molar-refractivity contribution < 1.29 is 0 Å². The molecule has 0 atom stereocenters. The van der Waals surface area contributed by atoms with Crippen molar-refractivity contribution in [3.8, 4) is 0 Å². The molecular formula is C6H8N2. The lowest BCUT2D eigenvalue weighted by Gasteiger charge is -1.80. The second-order valence-corrected chi connectivity index (χ2v) is 1.83. The van der Waals surface area contributed by atoms with Crippen molar-refractivity contribution in [2.45, 2.75) is 6.92 Å². The van der Waals surface area contributed by atoms with Crippen LogP contribution >= 0.6 is 0 Å². The van der Waals surface area contributed by atoms with Gasteiger partial charge in [0.05, 0.1) is 0 Å². The largest absolute Gasteiger partial charge is 0.287 e.